The summed E-state index contributed by atoms with van der Waals surface area (Å²) in [7, 11) is -3.43. The molecule has 0 saturated carbocycles. The molecule has 7 nitrogen and oxygen atoms in total. The van der Waals surface area contributed by atoms with Crippen LogP contribution in [0.25, 0.3) is 34.3 Å². The van der Waals surface area contributed by atoms with Gasteiger partial charge < -0.3 is 4.42 Å². The van der Waals surface area contributed by atoms with Crippen molar-refractivity contribution in [1.82, 2.24) is 20.2 Å². The monoisotopic (exact) mass is 436 g/mol. The van der Waals surface area contributed by atoms with Crippen LogP contribution in [-0.4, -0.2) is 33.3 Å². The van der Waals surface area contributed by atoms with Crippen molar-refractivity contribution in [1.29, 1.82) is 0 Å². The van der Waals surface area contributed by atoms with Crippen molar-refractivity contribution < 1.29 is 14.3 Å². The zero-order valence-corrected chi connectivity index (χ0v) is 18.5. The van der Waals surface area contributed by atoms with E-state index in [-0.39, 0.29) is 12.2 Å². The lowest BCUT2D eigenvalue weighted by Crippen LogP contribution is -2.27. The van der Waals surface area contributed by atoms with Crippen LogP contribution in [0.4, 0.5) is 0 Å². The molecule has 0 bridgehead atoms. The summed E-state index contributed by atoms with van der Waals surface area (Å²) in [5.41, 5.74) is 3.28. The van der Waals surface area contributed by atoms with Crippen molar-refractivity contribution in [2.75, 3.05) is 0 Å². The van der Waals surface area contributed by atoms with Crippen LogP contribution in [0.1, 0.15) is 27.9 Å². The molecule has 160 valence electrons. The van der Waals surface area contributed by atoms with Crippen LogP contribution in [0.15, 0.2) is 70.1 Å². The maximum atomic E-state index is 12.6. The molecule has 0 aliphatic heterocycles. The van der Waals surface area contributed by atoms with Gasteiger partial charge in [0.1, 0.15) is 5.69 Å². The van der Waals surface area contributed by atoms with Crippen molar-refractivity contribution in [2.24, 2.45) is 0 Å². The van der Waals surface area contributed by atoms with Gasteiger partial charge in [0.25, 0.3) is 5.89 Å². The maximum Gasteiger partial charge on any atom is 0.268 e. The molecule has 0 aliphatic rings. The van der Waals surface area contributed by atoms with E-state index in [4.69, 9.17) is 4.42 Å². The summed E-state index contributed by atoms with van der Waals surface area (Å²) in [4.78, 5) is 9.34. The smallest absolute Gasteiger partial charge is 0.268 e. The van der Waals surface area contributed by atoms with Gasteiger partial charge in [0.2, 0.25) is 5.89 Å². The summed E-state index contributed by atoms with van der Waals surface area (Å²) >= 11 is 0. The average Bonchev–Trinajstić information content (AvgIpc) is 3.24. The largest absolute Gasteiger partial charge is 0.415 e. The molecule has 0 aliphatic carbocycles. The van der Waals surface area contributed by atoms with Crippen LogP contribution >= 0.6 is 0 Å². The Bertz CT molecular complexity index is 1330. The van der Waals surface area contributed by atoms with E-state index in [9.17, 15) is 8.42 Å². The van der Waals surface area contributed by atoms with Crippen LogP contribution in [0.2, 0.25) is 0 Å². The third kappa shape index (κ3) is 3.98. The Hall–Kier alpha value is -3.39. The highest BCUT2D eigenvalue weighted by atomic mass is 32.2. The number of benzene rings is 2. The number of hydrogen-bond acceptors (Lipinski definition) is 7. The van der Waals surface area contributed by atoms with Gasteiger partial charge in [-0.2, -0.15) is 0 Å². The van der Waals surface area contributed by atoms with Gasteiger partial charge in [-0.15, -0.1) is 10.2 Å². The zero-order valence-electron chi connectivity index (χ0n) is 17.7. The van der Waals surface area contributed by atoms with Gasteiger partial charge in [0.05, 0.1) is 27.2 Å². The molecule has 0 atom stereocenters. The lowest BCUT2D eigenvalue weighted by molar-refractivity contribution is 0.560. The summed E-state index contributed by atoms with van der Waals surface area (Å²) < 4.78 is 30.2. The van der Waals surface area contributed by atoms with E-state index in [2.05, 4.69) is 20.2 Å². The minimum atomic E-state index is -3.43. The van der Waals surface area contributed by atoms with Gasteiger partial charge in [-0.05, 0) is 52.0 Å². The molecule has 2 aromatic heterocycles. The van der Waals surface area contributed by atoms with E-state index in [0.717, 1.165) is 11.1 Å². The quantitative estimate of drug-likeness (QED) is 0.444. The Morgan fingerprint density at radius 1 is 0.871 bits per heavy atom. The second-order valence-corrected chi connectivity index (χ2v) is 10.8. The normalized spacial score (nSPS) is 12.1. The molecule has 31 heavy (non-hydrogen) atoms. The highest BCUT2D eigenvalue weighted by molar-refractivity contribution is 7.92. The summed E-state index contributed by atoms with van der Waals surface area (Å²) in [6.07, 6.45) is 1.64. The second kappa shape index (κ2) is 7.70. The van der Waals surface area contributed by atoms with Crippen LogP contribution in [0.3, 0.4) is 0 Å². The molecule has 2 heterocycles. The topological polar surface area (TPSA) is 98.8 Å². The number of sulfone groups is 1. The van der Waals surface area contributed by atoms with E-state index in [1.54, 1.807) is 51.2 Å². The second-order valence-electron chi connectivity index (χ2n) is 8.11. The fourth-order valence-corrected chi connectivity index (χ4v) is 4.17. The molecule has 4 aromatic rings. The van der Waals surface area contributed by atoms with Crippen molar-refractivity contribution in [3.8, 4) is 34.3 Å². The first-order chi connectivity index (χ1) is 14.7. The van der Waals surface area contributed by atoms with Crippen LogP contribution in [0.5, 0.6) is 0 Å². The fraction of sp³-hybridized carbons (Fsp3) is 0.217. The molecule has 2 aromatic carbocycles. The van der Waals surface area contributed by atoms with Gasteiger partial charge in [-0.1, -0.05) is 30.3 Å². The molecule has 0 radical (unpaired) electrons. The Kier molecular flexibility index (Phi) is 5.18. The number of nitrogens with zero attached hydrogens (tertiary/aromatic N) is 4. The first-order valence-corrected chi connectivity index (χ1v) is 11.2. The minimum Gasteiger partial charge on any atom is -0.415 e. The fourth-order valence-electron chi connectivity index (χ4n) is 2.97. The molecule has 0 N–H and O–H groups in total. The van der Waals surface area contributed by atoms with E-state index in [1.165, 1.54) is 0 Å². The highest BCUT2D eigenvalue weighted by Crippen LogP contribution is 2.29. The maximum absolute atomic E-state index is 12.6. The lowest BCUT2D eigenvalue weighted by Gasteiger charge is -2.19. The predicted molar refractivity (Wildman–Crippen MR) is 120 cm³/mol. The predicted octanol–water partition coefficient (Wildman–Crippen LogP) is 4.99. The molecule has 0 unspecified atom stereocenters. The highest BCUT2D eigenvalue weighted by Gasteiger charge is 2.30. The van der Waals surface area contributed by atoms with Crippen LogP contribution in [0, 0.1) is 6.92 Å². The minimum absolute atomic E-state index is 0. The Labute approximate surface area is 182 Å². The van der Waals surface area contributed by atoms with Crippen molar-refractivity contribution in [3.63, 3.8) is 0 Å². The molecule has 4 rings (SSSR count). The third-order valence-corrected chi connectivity index (χ3v) is 7.38. The summed E-state index contributed by atoms with van der Waals surface area (Å²) in [6.45, 7) is 6.86. The summed E-state index contributed by atoms with van der Waals surface area (Å²) in [6, 6.07) is 16.1. The van der Waals surface area contributed by atoms with Crippen molar-refractivity contribution in [2.45, 2.75) is 37.3 Å². The standard InChI is InChI=1S/C23H22N4O3S.H2/c1-15-20(22-27-26-21(30-22)17-8-6-5-7-9-17)25-19(14-24-15)16-10-12-18(13-11-16)31(28,29)23(2,3)4;/h5-14H,1-4H3;1H. The molecule has 0 saturated heterocycles. The van der Waals surface area contributed by atoms with E-state index < -0.39 is 14.6 Å². The molecule has 0 amide bonds. The van der Waals surface area contributed by atoms with Crippen LogP contribution in [-0.2, 0) is 9.84 Å². The molecule has 0 spiro atoms. The van der Waals surface area contributed by atoms with Gasteiger partial charge in [0, 0.05) is 12.6 Å². The lowest BCUT2D eigenvalue weighted by atomic mass is 10.1. The molecule has 8 heteroatoms. The molecular formula is C23H24N4O3S. The van der Waals surface area contributed by atoms with Crippen molar-refractivity contribution in [3.05, 3.63) is 66.5 Å². The number of aryl methyl sites for hydroxylation is 1. The van der Waals surface area contributed by atoms with Gasteiger partial charge in [0.15, 0.2) is 9.84 Å². The SMILES string of the molecule is Cc1ncc(-c2ccc(S(=O)(=O)C(C)(C)C)cc2)nc1-c1nnc(-c2ccccc2)o1.[HH]. The number of hydrogen-bond donors (Lipinski definition) is 0. The Morgan fingerprint density at radius 3 is 2.16 bits per heavy atom. The third-order valence-electron chi connectivity index (χ3n) is 4.87. The Morgan fingerprint density at radius 2 is 1.52 bits per heavy atom. The van der Waals surface area contributed by atoms with E-state index in [0.29, 0.717) is 23.0 Å². The van der Waals surface area contributed by atoms with Gasteiger partial charge in [-0.25, -0.2) is 13.4 Å². The van der Waals surface area contributed by atoms with E-state index in [1.807, 2.05) is 37.3 Å². The summed E-state index contributed by atoms with van der Waals surface area (Å²) in [5, 5.41) is 8.25. The van der Waals surface area contributed by atoms with E-state index >= 15 is 0 Å². The molecular weight excluding hydrogens is 412 g/mol. The summed E-state index contributed by atoms with van der Waals surface area (Å²) in [5.74, 6) is 0.677. The number of aromatic nitrogens is 4. The zero-order chi connectivity index (χ0) is 22.2. The molecule has 0 fully saturated rings. The van der Waals surface area contributed by atoms with Crippen LogP contribution < -0.4 is 0 Å². The number of rotatable bonds is 4. The average molecular weight is 437 g/mol. The first-order valence-electron chi connectivity index (χ1n) is 9.75. The van der Waals surface area contributed by atoms with Gasteiger partial charge >= 0.3 is 0 Å². The Balaban J connectivity index is 0.00000289. The first kappa shape index (κ1) is 20.9. The van der Waals surface area contributed by atoms with Crippen molar-refractivity contribution >= 4 is 9.84 Å². The van der Waals surface area contributed by atoms with Gasteiger partial charge in [-0.3, -0.25) is 4.98 Å².